The van der Waals surface area contributed by atoms with Crippen molar-refractivity contribution in [2.75, 3.05) is 0 Å². The Hall–Kier alpha value is -0.0400. The van der Waals surface area contributed by atoms with E-state index in [4.69, 9.17) is 0 Å². The Balaban J connectivity index is 2.35. The average molecular weight is 255 g/mol. The van der Waals surface area contributed by atoms with Gasteiger partial charge in [-0.2, -0.15) is 0 Å². The number of halogens is 1. The molecule has 78 valence electrons. The predicted octanol–water partition coefficient (Wildman–Crippen LogP) is 4.81. The fourth-order valence-electron chi connectivity index (χ4n) is 3.50. The van der Waals surface area contributed by atoms with Crippen LogP contribution < -0.4 is 0 Å². The lowest BCUT2D eigenvalue weighted by molar-refractivity contribution is 0.246. The SMILES string of the molecule is C/C=C1\CCC2/C(=C/Br)CCC[C@]12C. The van der Waals surface area contributed by atoms with Gasteiger partial charge >= 0.3 is 0 Å². The van der Waals surface area contributed by atoms with Crippen molar-refractivity contribution in [1.82, 2.24) is 0 Å². The molecule has 0 heterocycles. The van der Waals surface area contributed by atoms with E-state index >= 15 is 0 Å². The second-order valence-electron chi connectivity index (χ2n) is 4.86. The molecule has 0 amide bonds. The first-order valence-corrected chi connectivity index (χ1v) is 6.58. The molecule has 0 aliphatic heterocycles. The molecule has 2 fully saturated rings. The van der Waals surface area contributed by atoms with E-state index in [2.05, 4.69) is 40.8 Å². The summed E-state index contributed by atoms with van der Waals surface area (Å²) in [6.07, 6.45) is 9.11. The Morgan fingerprint density at radius 1 is 1.43 bits per heavy atom. The third-order valence-corrected chi connectivity index (χ3v) is 4.89. The van der Waals surface area contributed by atoms with Crippen molar-refractivity contribution in [3.8, 4) is 0 Å². The zero-order valence-corrected chi connectivity index (χ0v) is 10.7. The number of rotatable bonds is 0. The first kappa shape index (κ1) is 10.5. The molecule has 1 unspecified atom stereocenters. The van der Waals surface area contributed by atoms with Gasteiger partial charge in [-0.15, -0.1) is 0 Å². The minimum absolute atomic E-state index is 0.493. The number of hydrogen-bond donors (Lipinski definition) is 0. The van der Waals surface area contributed by atoms with E-state index in [1.807, 2.05) is 0 Å². The maximum atomic E-state index is 3.53. The van der Waals surface area contributed by atoms with Gasteiger partial charge in [-0.25, -0.2) is 0 Å². The topological polar surface area (TPSA) is 0 Å². The highest BCUT2D eigenvalue weighted by Gasteiger charge is 2.45. The quantitative estimate of drug-likeness (QED) is 0.545. The van der Waals surface area contributed by atoms with Gasteiger partial charge in [0.1, 0.15) is 0 Å². The van der Waals surface area contributed by atoms with Crippen molar-refractivity contribution < 1.29 is 0 Å². The maximum absolute atomic E-state index is 3.53. The highest BCUT2D eigenvalue weighted by Crippen LogP contribution is 2.57. The van der Waals surface area contributed by atoms with Crippen molar-refractivity contribution in [2.24, 2.45) is 11.3 Å². The van der Waals surface area contributed by atoms with Gasteiger partial charge in [0.15, 0.2) is 0 Å². The van der Waals surface area contributed by atoms with Gasteiger partial charge in [0.2, 0.25) is 0 Å². The van der Waals surface area contributed by atoms with Gasteiger partial charge in [0.05, 0.1) is 0 Å². The third kappa shape index (κ3) is 1.41. The molecule has 0 nitrogen and oxygen atoms in total. The molecular weight excluding hydrogens is 236 g/mol. The number of allylic oxidation sites excluding steroid dienone is 3. The average Bonchev–Trinajstić information content (AvgIpc) is 2.53. The summed E-state index contributed by atoms with van der Waals surface area (Å²) in [5, 5.41) is 0. The molecule has 0 bridgehead atoms. The summed E-state index contributed by atoms with van der Waals surface area (Å²) in [6.45, 7) is 4.67. The molecule has 2 aliphatic carbocycles. The second kappa shape index (κ2) is 3.84. The van der Waals surface area contributed by atoms with Crippen LogP contribution in [0.1, 0.15) is 46.0 Å². The first-order chi connectivity index (χ1) is 6.72. The Bertz CT molecular complexity index is 288. The third-order valence-electron chi connectivity index (χ3n) is 4.30. The fraction of sp³-hybridized carbons (Fsp3) is 0.692. The molecule has 0 spiro atoms. The second-order valence-corrected chi connectivity index (χ2v) is 5.32. The normalized spacial score (nSPS) is 43.2. The molecular formula is C13H19Br. The fourth-order valence-corrected chi connectivity index (χ4v) is 4.04. The van der Waals surface area contributed by atoms with Crippen LogP contribution in [0.5, 0.6) is 0 Å². The highest BCUT2D eigenvalue weighted by molar-refractivity contribution is 9.11. The van der Waals surface area contributed by atoms with Gasteiger partial charge in [-0.05, 0) is 55.3 Å². The Kier molecular flexibility index (Phi) is 2.88. The molecule has 2 aliphatic rings. The summed E-state index contributed by atoms with van der Waals surface area (Å²) in [6, 6.07) is 0. The minimum Gasteiger partial charge on any atom is -0.0879 e. The Morgan fingerprint density at radius 2 is 2.21 bits per heavy atom. The molecule has 0 aromatic rings. The summed E-state index contributed by atoms with van der Waals surface area (Å²) < 4.78 is 0. The lowest BCUT2D eigenvalue weighted by Gasteiger charge is -2.39. The number of fused-ring (bicyclic) bond motifs is 1. The van der Waals surface area contributed by atoms with Gasteiger partial charge in [0.25, 0.3) is 0 Å². The van der Waals surface area contributed by atoms with Crippen molar-refractivity contribution in [2.45, 2.75) is 46.0 Å². The van der Waals surface area contributed by atoms with Gasteiger partial charge in [0, 0.05) is 0 Å². The van der Waals surface area contributed by atoms with E-state index in [-0.39, 0.29) is 0 Å². The molecule has 2 saturated carbocycles. The molecule has 0 saturated heterocycles. The predicted molar refractivity (Wildman–Crippen MR) is 65.4 cm³/mol. The minimum atomic E-state index is 0.493. The van der Waals surface area contributed by atoms with Crippen LogP contribution in [0.3, 0.4) is 0 Å². The zero-order chi connectivity index (χ0) is 10.2. The van der Waals surface area contributed by atoms with Crippen LogP contribution >= 0.6 is 15.9 Å². The Labute approximate surface area is 95.6 Å². The van der Waals surface area contributed by atoms with Crippen LogP contribution in [0.4, 0.5) is 0 Å². The van der Waals surface area contributed by atoms with Gasteiger partial charge < -0.3 is 0 Å². The van der Waals surface area contributed by atoms with Crippen LogP contribution in [-0.2, 0) is 0 Å². The van der Waals surface area contributed by atoms with Crippen molar-refractivity contribution >= 4 is 15.9 Å². The summed E-state index contributed by atoms with van der Waals surface area (Å²) >= 11 is 3.53. The molecule has 2 atom stereocenters. The molecule has 0 aromatic heterocycles. The lowest BCUT2D eigenvalue weighted by atomic mass is 9.66. The molecule has 14 heavy (non-hydrogen) atoms. The Morgan fingerprint density at radius 3 is 2.86 bits per heavy atom. The van der Waals surface area contributed by atoms with Crippen molar-refractivity contribution in [1.29, 1.82) is 0 Å². The summed E-state index contributed by atoms with van der Waals surface area (Å²) in [4.78, 5) is 2.19. The van der Waals surface area contributed by atoms with Crippen LogP contribution in [0.25, 0.3) is 0 Å². The molecule has 0 aromatic carbocycles. The van der Waals surface area contributed by atoms with Crippen LogP contribution in [0, 0.1) is 11.3 Å². The largest absolute Gasteiger partial charge is 0.0879 e. The van der Waals surface area contributed by atoms with Crippen LogP contribution in [0.15, 0.2) is 22.2 Å². The standard InChI is InChI=1S/C13H19Br/c1-3-11-6-7-12-10(9-14)5-4-8-13(11,12)2/h3,9,12H,4-8H2,1-2H3/b10-9+,11-3+/t12?,13-/m1/s1. The van der Waals surface area contributed by atoms with E-state index in [1.165, 1.54) is 32.1 Å². The summed E-state index contributed by atoms with van der Waals surface area (Å²) in [5.41, 5.74) is 3.84. The molecule has 2 rings (SSSR count). The van der Waals surface area contributed by atoms with Crippen LogP contribution in [-0.4, -0.2) is 0 Å². The van der Waals surface area contributed by atoms with Gasteiger partial charge in [-0.1, -0.05) is 40.1 Å². The summed E-state index contributed by atoms with van der Waals surface area (Å²) in [5.74, 6) is 0.821. The number of hydrogen-bond acceptors (Lipinski definition) is 0. The highest BCUT2D eigenvalue weighted by atomic mass is 79.9. The maximum Gasteiger partial charge on any atom is -0.00506 e. The zero-order valence-electron chi connectivity index (χ0n) is 9.15. The molecule has 0 radical (unpaired) electrons. The van der Waals surface area contributed by atoms with E-state index in [0.29, 0.717) is 5.41 Å². The molecule has 0 N–H and O–H groups in total. The van der Waals surface area contributed by atoms with E-state index in [0.717, 1.165) is 5.92 Å². The van der Waals surface area contributed by atoms with Crippen molar-refractivity contribution in [3.63, 3.8) is 0 Å². The van der Waals surface area contributed by atoms with Gasteiger partial charge in [-0.3, -0.25) is 0 Å². The molecule has 1 heteroatoms. The summed E-state index contributed by atoms with van der Waals surface area (Å²) in [7, 11) is 0. The van der Waals surface area contributed by atoms with E-state index in [1.54, 1.807) is 11.1 Å². The first-order valence-electron chi connectivity index (χ1n) is 5.67. The van der Waals surface area contributed by atoms with Crippen LogP contribution in [0.2, 0.25) is 0 Å². The van der Waals surface area contributed by atoms with E-state index in [9.17, 15) is 0 Å². The lowest BCUT2D eigenvalue weighted by Crippen LogP contribution is -2.28. The van der Waals surface area contributed by atoms with E-state index < -0.39 is 0 Å². The smallest absolute Gasteiger partial charge is 0.00506 e. The monoisotopic (exact) mass is 254 g/mol. The van der Waals surface area contributed by atoms with Crippen molar-refractivity contribution in [3.05, 3.63) is 22.2 Å².